The van der Waals surface area contributed by atoms with Crippen LogP contribution >= 0.6 is 11.6 Å². The van der Waals surface area contributed by atoms with Gasteiger partial charge in [-0.05, 0) is 25.1 Å². The summed E-state index contributed by atoms with van der Waals surface area (Å²) in [7, 11) is 0. The lowest BCUT2D eigenvalue weighted by molar-refractivity contribution is 0.0923. The van der Waals surface area contributed by atoms with Crippen molar-refractivity contribution in [3.8, 4) is 0 Å². The van der Waals surface area contributed by atoms with Gasteiger partial charge in [0.15, 0.2) is 0 Å². The molecule has 15 heavy (non-hydrogen) atoms. The van der Waals surface area contributed by atoms with Crippen LogP contribution in [-0.2, 0) is 0 Å². The van der Waals surface area contributed by atoms with E-state index in [0.717, 1.165) is 6.07 Å². The van der Waals surface area contributed by atoms with Crippen molar-refractivity contribution in [3.05, 3.63) is 34.6 Å². The highest BCUT2D eigenvalue weighted by Gasteiger charge is 2.08. The molecule has 1 aromatic carbocycles. The van der Waals surface area contributed by atoms with Crippen LogP contribution in [0.15, 0.2) is 18.2 Å². The molecular formula is C10H11ClFNO2. The molecule has 2 N–H and O–H groups in total. The molecular weight excluding hydrogens is 221 g/mol. The summed E-state index contributed by atoms with van der Waals surface area (Å²) in [6.07, 6.45) is -0.633. The van der Waals surface area contributed by atoms with Gasteiger partial charge < -0.3 is 10.4 Å². The molecule has 0 aliphatic rings. The maximum Gasteiger partial charge on any atom is 0.251 e. The van der Waals surface area contributed by atoms with Gasteiger partial charge in [-0.25, -0.2) is 4.39 Å². The Kier molecular flexibility index (Phi) is 4.05. The molecule has 1 aromatic rings. The van der Waals surface area contributed by atoms with Crippen LogP contribution in [0.3, 0.4) is 0 Å². The fourth-order valence-corrected chi connectivity index (χ4v) is 1.10. The number of halogens is 2. The standard InChI is InChI=1S/C10H11ClFNO2/c1-6(14)5-13-10(15)7-2-3-8(11)9(12)4-7/h2-4,6,14H,5H2,1H3,(H,13,15)/t6-/m1/s1. The first-order valence-electron chi connectivity index (χ1n) is 4.42. The third-order valence-electron chi connectivity index (χ3n) is 1.74. The highest BCUT2D eigenvalue weighted by Crippen LogP contribution is 2.15. The van der Waals surface area contributed by atoms with E-state index in [9.17, 15) is 9.18 Å². The largest absolute Gasteiger partial charge is 0.392 e. The quantitative estimate of drug-likeness (QED) is 0.830. The van der Waals surface area contributed by atoms with E-state index in [2.05, 4.69) is 5.32 Å². The van der Waals surface area contributed by atoms with E-state index in [1.54, 1.807) is 6.92 Å². The molecule has 0 aliphatic heterocycles. The Balaban J connectivity index is 2.70. The second-order valence-electron chi connectivity index (χ2n) is 3.19. The number of aliphatic hydroxyl groups is 1. The third kappa shape index (κ3) is 3.49. The van der Waals surface area contributed by atoms with Crippen molar-refractivity contribution in [3.63, 3.8) is 0 Å². The summed E-state index contributed by atoms with van der Waals surface area (Å²) in [6.45, 7) is 1.67. The lowest BCUT2D eigenvalue weighted by Crippen LogP contribution is -2.30. The van der Waals surface area contributed by atoms with Crippen molar-refractivity contribution in [1.82, 2.24) is 5.32 Å². The second kappa shape index (κ2) is 5.09. The first-order chi connectivity index (χ1) is 7.00. The Bertz CT molecular complexity index is 368. The monoisotopic (exact) mass is 231 g/mol. The second-order valence-corrected chi connectivity index (χ2v) is 3.60. The number of carbonyl (C=O) groups excluding carboxylic acids is 1. The molecule has 0 saturated heterocycles. The third-order valence-corrected chi connectivity index (χ3v) is 2.05. The van der Waals surface area contributed by atoms with Crippen LogP contribution in [0.25, 0.3) is 0 Å². The molecule has 0 radical (unpaired) electrons. The topological polar surface area (TPSA) is 49.3 Å². The van der Waals surface area contributed by atoms with Gasteiger partial charge in [0, 0.05) is 12.1 Å². The molecule has 1 atom stereocenters. The van der Waals surface area contributed by atoms with Crippen LogP contribution in [0.1, 0.15) is 17.3 Å². The van der Waals surface area contributed by atoms with Crippen LogP contribution in [0, 0.1) is 5.82 Å². The number of benzene rings is 1. The molecule has 0 fully saturated rings. The number of amides is 1. The summed E-state index contributed by atoms with van der Waals surface area (Å²) in [5.41, 5.74) is 0.178. The van der Waals surface area contributed by atoms with Crippen molar-refractivity contribution in [2.75, 3.05) is 6.54 Å². The highest BCUT2D eigenvalue weighted by molar-refractivity contribution is 6.30. The Morgan fingerprint density at radius 1 is 1.67 bits per heavy atom. The van der Waals surface area contributed by atoms with E-state index in [1.807, 2.05) is 0 Å². The van der Waals surface area contributed by atoms with E-state index in [4.69, 9.17) is 16.7 Å². The predicted octanol–water partition coefficient (Wildman–Crippen LogP) is 1.59. The van der Waals surface area contributed by atoms with Crippen molar-refractivity contribution >= 4 is 17.5 Å². The van der Waals surface area contributed by atoms with Gasteiger partial charge >= 0.3 is 0 Å². The van der Waals surface area contributed by atoms with Crippen LogP contribution in [0.4, 0.5) is 4.39 Å². The predicted molar refractivity (Wildman–Crippen MR) is 55.4 cm³/mol. The first kappa shape index (κ1) is 11.9. The zero-order chi connectivity index (χ0) is 11.4. The van der Waals surface area contributed by atoms with Gasteiger partial charge in [-0.2, -0.15) is 0 Å². The zero-order valence-electron chi connectivity index (χ0n) is 8.13. The van der Waals surface area contributed by atoms with E-state index >= 15 is 0 Å². The normalized spacial score (nSPS) is 12.3. The number of nitrogens with one attached hydrogen (secondary N) is 1. The molecule has 5 heteroatoms. The molecule has 0 unspecified atom stereocenters. The summed E-state index contributed by atoms with van der Waals surface area (Å²) >= 11 is 5.47. The smallest absolute Gasteiger partial charge is 0.251 e. The molecule has 0 aromatic heterocycles. The number of rotatable bonds is 3. The summed E-state index contributed by atoms with van der Waals surface area (Å²) in [5.74, 6) is -1.08. The molecule has 1 amide bonds. The molecule has 3 nitrogen and oxygen atoms in total. The minimum atomic E-state index is -0.638. The van der Waals surface area contributed by atoms with Crippen molar-refractivity contribution in [1.29, 1.82) is 0 Å². The summed E-state index contributed by atoms with van der Waals surface area (Å²) in [6, 6.07) is 3.79. The zero-order valence-corrected chi connectivity index (χ0v) is 8.88. The molecule has 0 saturated carbocycles. The molecule has 0 spiro atoms. The van der Waals surface area contributed by atoms with Gasteiger partial charge in [0.2, 0.25) is 0 Å². The average Bonchev–Trinajstić information content (AvgIpc) is 2.18. The first-order valence-corrected chi connectivity index (χ1v) is 4.80. The van der Waals surface area contributed by atoms with Gasteiger partial charge in [0.1, 0.15) is 5.82 Å². The van der Waals surface area contributed by atoms with Gasteiger partial charge in [-0.3, -0.25) is 4.79 Å². The average molecular weight is 232 g/mol. The van der Waals surface area contributed by atoms with E-state index in [1.165, 1.54) is 12.1 Å². The Morgan fingerprint density at radius 2 is 2.33 bits per heavy atom. The van der Waals surface area contributed by atoms with Crippen molar-refractivity contribution < 1.29 is 14.3 Å². The lowest BCUT2D eigenvalue weighted by atomic mass is 10.2. The van der Waals surface area contributed by atoms with Crippen LogP contribution in [0.2, 0.25) is 5.02 Å². The number of carbonyl (C=O) groups is 1. The maximum atomic E-state index is 13.0. The van der Waals surface area contributed by atoms with Gasteiger partial charge in [-0.15, -0.1) is 0 Å². The van der Waals surface area contributed by atoms with Gasteiger partial charge in [0.25, 0.3) is 5.91 Å². The van der Waals surface area contributed by atoms with Gasteiger partial charge in [0.05, 0.1) is 11.1 Å². The minimum Gasteiger partial charge on any atom is -0.392 e. The van der Waals surface area contributed by atoms with E-state index < -0.39 is 17.8 Å². The molecule has 0 aliphatic carbocycles. The number of hydrogen-bond donors (Lipinski definition) is 2. The Hall–Kier alpha value is -1.13. The molecule has 0 bridgehead atoms. The SMILES string of the molecule is C[C@@H](O)CNC(=O)c1ccc(Cl)c(F)c1. The lowest BCUT2D eigenvalue weighted by Gasteiger charge is -2.07. The minimum absolute atomic E-state index is 0.0259. The van der Waals surface area contributed by atoms with E-state index in [0.29, 0.717) is 0 Å². The maximum absolute atomic E-state index is 13.0. The summed E-state index contributed by atoms with van der Waals surface area (Å²) in [4.78, 5) is 11.4. The Labute approximate surface area is 91.9 Å². The number of aliphatic hydroxyl groups excluding tert-OH is 1. The van der Waals surface area contributed by atoms with Crippen LogP contribution in [0.5, 0.6) is 0 Å². The van der Waals surface area contributed by atoms with E-state index in [-0.39, 0.29) is 17.1 Å². The molecule has 1 rings (SSSR count). The molecule has 82 valence electrons. The fourth-order valence-electron chi connectivity index (χ4n) is 0.980. The Morgan fingerprint density at radius 3 is 2.87 bits per heavy atom. The van der Waals surface area contributed by atoms with Crippen molar-refractivity contribution in [2.24, 2.45) is 0 Å². The fraction of sp³-hybridized carbons (Fsp3) is 0.300. The van der Waals surface area contributed by atoms with Gasteiger partial charge in [-0.1, -0.05) is 11.6 Å². The summed E-state index contributed by atoms with van der Waals surface area (Å²) in [5, 5.41) is 11.4. The number of hydrogen-bond acceptors (Lipinski definition) is 2. The van der Waals surface area contributed by atoms with Crippen molar-refractivity contribution in [2.45, 2.75) is 13.0 Å². The molecule has 0 heterocycles. The highest BCUT2D eigenvalue weighted by atomic mass is 35.5. The van der Waals surface area contributed by atoms with Crippen LogP contribution in [-0.4, -0.2) is 23.7 Å². The van der Waals surface area contributed by atoms with Crippen LogP contribution < -0.4 is 5.32 Å². The summed E-state index contributed by atoms with van der Waals surface area (Å²) < 4.78 is 13.0.